The van der Waals surface area contributed by atoms with Crippen molar-refractivity contribution in [1.29, 1.82) is 0 Å². The van der Waals surface area contributed by atoms with Gasteiger partial charge in [0.25, 0.3) is 0 Å². The molecule has 3 nitrogen and oxygen atoms in total. The standard InChI is InChI=1S/C19H24N2O/c1-4-18(16-8-6-5-7-9-16)19(22)20-17-12-10-15(11-13-17)14-21(2)3/h5-13,18H,4,14H2,1-3H3,(H,20,22)/t18-/m0/s1. The second-order valence-corrected chi connectivity index (χ2v) is 5.80. The summed E-state index contributed by atoms with van der Waals surface area (Å²) >= 11 is 0. The van der Waals surface area contributed by atoms with Gasteiger partial charge < -0.3 is 10.2 Å². The van der Waals surface area contributed by atoms with Gasteiger partial charge in [-0.2, -0.15) is 0 Å². The molecule has 3 heteroatoms. The van der Waals surface area contributed by atoms with Gasteiger partial charge in [0, 0.05) is 12.2 Å². The molecule has 0 saturated carbocycles. The average molecular weight is 296 g/mol. The van der Waals surface area contributed by atoms with Crippen LogP contribution in [0.4, 0.5) is 5.69 Å². The summed E-state index contributed by atoms with van der Waals surface area (Å²) in [6.45, 7) is 2.94. The second kappa shape index (κ2) is 7.76. The van der Waals surface area contributed by atoms with E-state index in [4.69, 9.17) is 0 Å². The van der Waals surface area contributed by atoms with E-state index in [0.29, 0.717) is 0 Å². The number of hydrogen-bond acceptors (Lipinski definition) is 2. The van der Waals surface area contributed by atoms with Crippen LogP contribution in [0.3, 0.4) is 0 Å². The van der Waals surface area contributed by atoms with Crippen LogP contribution in [0.25, 0.3) is 0 Å². The Kier molecular flexibility index (Phi) is 5.73. The molecule has 1 amide bonds. The number of hydrogen-bond donors (Lipinski definition) is 1. The highest BCUT2D eigenvalue weighted by atomic mass is 16.1. The zero-order chi connectivity index (χ0) is 15.9. The number of nitrogens with one attached hydrogen (secondary N) is 1. The number of amides is 1. The summed E-state index contributed by atoms with van der Waals surface area (Å²) in [7, 11) is 4.09. The molecule has 2 rings (SSSR count). The molecule has 0 spiro atoms. The van der Waals surface area contributed by atoms with Gasteiger partial charge in [0.1, 0.15) is 0 Å². The molecule has 1 atom stereocenters. The molecule has 0 fully saturated rings. The van der Waals surface area contributed by atoms with E-state index >= 15 is 0 Å². The molecule has 116 valence electrons. The maximum absolute atomic E-state index is 12.5. The number of anilines is 1. The highest BCUT2D eigenvalue weighted by Gasteiger charge is 2.18. The summed E-state index contributed by atoms with van der Waals surface area (Å²) in [5, 5.41) is 3.02. The van der Waals surface area contributed by atoms with Crippen LogP contribution in [0.15, 0.2) is 54.6 Å². The summed E-state index contributed by atoms with van der Waals surface area (Å²) in [4.78, 5) is 14.6. The molecule has 0 bridgehead atoms. The van der Waals surface area contributed by atoms with Crippen molar-refractivity contribution in [3.8, 4) is 0 Å². The quantitative estimate of drug-likeness (QED) is 0.877. The van der Waals surface area contributed by atoms with Crippen molar-refractivity contribution < 1.29 is 4.79 Å². The third-order valence-corrected chi connectivity index (χ3v) is 3.65. The predicted octanol–water partition coefficient (Wildman–Crippen LogP) is 3.88. The lowest BCUT2D eigenvalue weighted by atomic mass is 9.95. The van der Waals surface area contributed by atoms with Crippen LogP contribution in [-0.2, 0) is 11.3 Å². The maximum atomic E-state index is 12.5. The SMILES string of the molecule is CC[C@H](C(=O)Nc1ccc(CN(C)C)cc1)c1ccccc1. The fourth-order valence-electron chi connectivity index (χ4n) is 2.55. The summed E-state index contributed by atoms with van der Waals surface area (Å²) in [5.41, 5.74) is 3.15. The van der Waals surface area contributed by atoms with E-state index in [9.17, 15) is 4.79 Å². The van der Waals surface area contributed by atoms with Crippen molar-refractivity contribution >= 4 is 11.6 Å². The summed E-state index contributed by atoms with van der Waals surface area (Å²) in [5.74, 6) is -0.0586. The lowest BCUT2D eigenvalue weighted by Crippen LogP contribution is -2.20. The topological polar surface area (TPSA) is 32.3 Å². The summed E-state index contributed by atoms with van der Waals surface area (Å²) in [6.07, 6.45) is 0.786. The first-order valence-electron chi connectivity index (χ1n) is 7.69. The van der Waals surface area contributed by atoms with E-state index in [0.717, 1.165) is 24.2 Å². The Bertz CT molecular complexity index is 591. The van der Waals surface area contributed by atoms with Gasteiger partial charge in [0.2, 0.25) is 5.91 Å². The average Bonchev–Trinajstić information content (AvgIpc) is 2.50. The normalized spacial score (nSPS) is 12.2. The molecule has 0 radical (unpaired) electrons. The molecule has 22 heavy (non-hydrogen) atoms. The maximum Gasteiger partial charge on any atom is 0.231 e. The molecule has 1 N–H and O–H groups in total. The van der Waals surface area contributed by atoms with Crippen LogP contribution < -0.4 is 5.32 Å². The molecule has 0 unspecified atom stereocenters. The zero-order valence-corrected chi connectivity index (χ0v) is 13.5. The minimum absolute atomic E-state index is 0.0501. The van der Waals surface area contributed by atoms with E-state index in [1.165, 1.54) is 5.56 Å². The van der Waals surface area contributed by atoms with Gasteiger partial charge in [0.15, 0.2) is 0 Å². The molecule has 2 aromatic carbocycles. The lowest BCUT2D eigenvalue weighted by Gasteiger charge is -2.16. The van der Waals surface area contributed by atoms with E-state index in [-0.39, 0.29) is 11.8 Å². The Hall–Kier alpha value is -2.13. The minimum atomic E-state index is -0.109. The molecule has 0 aliphatic rings. The van der Waals surface area contributed by atoms with Gasteiger partial charge in [-0.25, -0.2) is 0 Å². The minimum Gasteiger partial charge on any atom is -0.326 e. The van der Waals surface area contributed by atoms with Crippen LogP contribution in [-0.4, -0.2) is 24.9 Å². The fraction of sp³-hybridized carbons (Fsp3) is 0.316. The number of rotatable bonds is 6. The lowest BCUT2D eigenvalue weighted by molar-refractivity contribution is -0.117. The van der Waals surface area contributed by atoms with E-state index in [1.807, 2.05) is 63.5 Å². The van der Waals surface area contributed by atoms with Crippen LogP contribution in [0.2, 0.25) is 0 Å². The first-order chi connectivity index (χ1) is 10.6. The predicted molar refractivity (Wildman–Crippen MR) is 91.9 cm³/mol. The highest BCUT2D eigenvalue weighted by Crippen LogP contribution is 2.21. The van der Waals surface area contributed by atoms with Crippen molar-refractivity contribution in [2.75, 3.05) is 19.4 Å². The second-order valence-electron chi connectivity index (χ2n) is 5.80. The van der Waals surface area contributed by atoms with Crippen LogP contribution in [0.1, 0.15) is 30.4 Å². The smallest absolute Gasteiger partial charge is 0.231 e. The van der Waals surface area contributed by atoms with Gasteiger partial charge in [-0.3, -0.25) is 4.79 Å². The summed E-state index contributed by atoms with van der Waals surface area (Å²) in [6, 6.07) is 18.0. The first-order valence-corrected chi connectivity index (χ1v) is 7.69. The zero-order valence-electron chi connectivity index (χ0n) is 13.5. The first kappa shape index (κ1) is 16.2. The Balaban J connectivity index is 2.04. The van der Waals surface area contributed by atoms with Crippen molar-refractivity contribution in [3.05, 3.63) is 65.7 Å². The van der Waals surface area contributed by atoms with Crippen molar-refractivity contribution in [1.82, 2.24) is 4.90 Å². The third-order valence-electron chi connectivity index (χ3n) is 3.65. The Labute approximate surface area is 133 Å². The van der Waals surface area contributed by atoms with Crippen molar-refractivity contribution in [3.63, 3.8) is 0 Å². The Morgan fingerprint density at radius 1 is 1.05 bits per heavy atom. The molecular weight excluding hydrogens is 272 g/mol. The molecule has 0 aliphatic carbocycles. The van der Waals surface area contributed by atoms with Crippen LogP contribution >= 0.6 is 0 Å². The van der Waals surface area contributed by atoms with Gasteiger partial charge in [-0.05, 0) is 43.8 Å². The monoisotopic (exact) mass is 296 g/mol. The van der Waals surface area contributed by atoms with E-state index in [2.05, 4.69) is 22.3 Å². The molecule has 0 aliphatic heterocycles. The number of carbonyl (C=O) groups is 1. The molecule has 0 saturated heterocycles. The number of nitrogens with zero attached hydrogens (tertiary/aromatic N) is 1. The summed E-state index contributed by atoms with van der Waals surface area (Å²) < 4.78 is 0. The highest BCUT2D eigenvalue weighted by molar-refractivity contribution is 5.95. The van der Waals surface area contributed by atoms with E-state index in [1.54, 1.807) is 0 Å². The fourth-order valence-corrected chi connectivity index (χ4v) is 2.55. The van der Waals surface area contributed by atoms with Crippen molar-refractivity contribution in [2.45, 2.75) is 25.8 Å². The van der Waals surface area contributed by atoms with Gasteiger partial charge in [-0.1, -0.05) is 49.4 Å². The molecule has 2 aromatic rings. The van der Waals surface area contributed by atoms with Crippen molar-refractivity contribution in [2.24, 2.45) is 0 Å². The van der Waals surface area contributed by atoms with Crippen LogP contribution in [0.5, 0.6) is 0 Å². The number of benzene rings is 2. The largest absolute Gasteiger partial charge is 0.326 e. The van der Waals surface area contributed by atoms with E-state index < -0.39 is 0 Å². The third kappa shape index (κ3) is 4.43. The van der Waals surface area contributed by atoms with Crippen LogP contribution in [0, 0.1) is 0 Å². The van der Waals surface area contributed by atoms with Gasteiger partial charge >= 0.3 is 0 Å². The molecule has 0 aromatic heterocycles. The van der Waals surface area contributed by atoms with Gasteiger partial charge in [-0.15, -0.1) is 0 Å². The van der Waals surface area contributed by atoms with Gasteiger partial charge in [0.05, 0.1) is 5.92 Å². The molecular formula is C19H24N2O. The Morgan fingerprint density at radius 3 is 2.23 bits per heavy atom. The molecule has 0 heterocycles. The number of carbonyl (C=O) groups excluding carboxylic acids is 1. The Morgan fingerprint density at radius 2 is 1.68 bits per heavy atom.